The molecule has 0 radical (unpaired) electrons. The van der Waals surface area contributed by atoms with Gasteiger partial charge in [-0.2, -0.15) is 0 Å². The van der Waals surface area contributed by atoms with Gasteiger partial charge in [-0.05, 0) is 52.2 Å². The highest BCUT2D eigenvalue weighted by Crippen LogP contribution is 2.16. The minimum Gasteiger partial charge on any atom is -0.444 e. The highest BCUT2D eigenvalue weighted by Gasteiger charge is 2.27. The van der Waals surface area contributed by atoms with Crippen molar-refractivity contribution in [2.75, 3.05) is 13.1 Å². The number of hydrogen-bond acceptors (Lipinski definition) is 4. The van der Waals surface area contributed by atoms with Crippen molar-refractivity contribution in [2.24, 2.45) is 0 Å². The Bertz CT molecular complexity index is 437. The molecular formula is C16H27N3O2. The fourth-order valence-electron chi connectivity index (χ4n) is 2.64. The van der Waals surface area contributed by atoms with E-state index in [1.807, 2.05) is 27.0 Å². The molecule has 21 heavy (non-hydrogen) atoms. The molecule has 0 spiro atoms. The fraction of sp³-hybridized carbons (Fsp3) is 0.688. The van der Waals surface area contributed by atoms with Crippen molar-refractivity contribution in [3.63, 3.8) is 0 Å². The van der Waals surface area contributed by atoms with E-state index < -0.39 is 5.60 Å². The molecule has 2 aliphatic heterocycles. The van der Waals surface area contributed by atoms with Crippen molar-refractivity contribution in [3.05, 3.63) is 23.9 Å². The number of ether oxygens (including phenoxy) is 1. The van der Waals surface area contributed by atoms with Crippen LogP contribution in [0.5, 0.6) is 0 Å². The van der Waals surface area contributed by atoms with Crippen LogP contribution in [-0.2, 0) is 4.74 Å². The summed E-state index contributed by atoms with van der Waals surface area (Å²) in [6.07, 6.45) is 8.32. The summed E-state index contributed by atoms with van der Waals surface area (Å²) in [5.41, 5.74) is 0.778. The van der Waals surface area contributed by atoms with E-state index in [9.17, 15) is 4.79 Å². The number of nitrogens with zero attached hydrogens (tertiary/aromatic N) is 1. The number of amides is 1. The molecule has 2 N–H and O–H groups in total. The average molecular weight is 293 g/mol. The molecule has 2 rings (SSSR count). The maximum atomic E-state index is 11.9. The molecule has 5 nitrogen and oxygen atoms in total. The topological polar surface area (TPSA) is 53.6 Å². The highest BCUT2D eigenvalue weighted by molar-refractivity contribution is 5.68. The second kappa shape index (κ2) is 6.52. The Kier molecular flexibility index (Phi) is 4.93. The van der Waals surface area contributed by atoms with Crippen LogP contribution in [0.1, 0.15) is 40.5 Å². The van der Waals surface area contributed by atoms with Crippen molar-refractivity contribution >= 4 is 6.09 Å². The summed E-state index contributed by atoms with van der Waals surface area (Å²) in [5.74, 6) is 0. The van der Waals surface area contributed by atoms with Gasteiger partial charge in [0.25, 0.3) is 0 Å². The van der Waals surface area contributed by atoms with Crippen molar-refractivity contribution in [3.8, 4) is 0 Å². The fourth-order valence-corrected chi connectivity index (χ4v) is 2.64. The summed E-state index contributed by atoms with van der Waals surface area (Å²) in [5, 5.41) is 6.37. The first kappa shape index (κ1) is 15.9. The summed E-state index contributed by atoms with van der Waals surface area (Å²) in [7, 11) is 0. The maximum Gasteiger partial charge on any atom is 0.407 e. The van der Waals surface area contributed by atoms with E-state index in [0.29, 0.717) is 0 Å². The lowest BCUT2D eigenvalue weighted by molar-refractivity contribution is 0.0459. The summed E-state index contributed by atoms with van der Waals surface area (Å²) < 4.78 is 5.33. The average Bonchev–Trinajstić information content (AvgIpc) is 2.37. The smallest absolute Gasteiger partial charge is 0.407 e. The van der Waals surface area contributed by atoms with Gasteiger partial charge < -0.3 is 15.4 Å². The summed E-state index contributed by atoms with van der Waals surface area (Å²) >= 11 is 0. The lowest BCUT2D eigenvalue weighted by Crippen LogP contribution is -2.54. The largest absolute Gasteiger partial charge is 0.444 e. The number of dihydropyridines is 1. The molecule has 1 amide bonds. The van der Waals surface area contributed by atoms with E-state index >= 15 is 0 Å². The Morgan fingerprint density at radius 3 is 2.86 bits per heavy atom. The monoisotopic (exact) mass is 293 g/mol. The van der Waals surface area contributed by atoms with Gasteiger partial charge in [0, 0.05) is 25.3 Å². The second-order valence-corrected chi connectivity index (χ2v) is 6.84. The van der Waals surface area contributed by atoms with Crippen LogP contribution in [0.4, 0.5) is 4.79 Å². The van der Waals surface area contributed by atoms with E-state index in [4.69, 9.17) is 4.74 Å². The van der Waals surface area contributed by atoms with Gasteiger partial charge >= 0.3 is 6.09 Å². The maximum absolute atomic E-state index is 11.9. The Balaban J connectivity index is 1.84. The predicted molar refractivity (Wildman–Crippen MR) is 83.8 cm³/mol. The van der Waals surface area contributed by atoms with Crippen LogP contribution in [-0.4, -0.2) is 41.9 Å². The zero-order valence-corrected chi connectivity index (χ0v) is 13.5. The first-order chi connectivity index (χ1) is 9.83. The van der Waals surface area contributed by atoms with Gasteiger partial charge in [-0.15, -0.1) is 0 Å². The Labute approximate surface area is 127 Å². The van der Waals surface area contributed by atoms with Crippen LogP contribution in [0.3, 0.4) is 0 Å². The third-order valence-electron chi connectivity index (χ3n) is 3.59. The minimum absolute atomic E-state index is 0.149. The molecule has 0 aromatic heterocycles. The van der Waals surface area contributed by atoms with Crippen molar-refractivity contribution in [1.82, 2.24) is 15.5 Å². The molecule has 0 aromatic carbocycles. The molecule has 1 unspecified atom stereocenters. The van der Waals surface area contributed by atoms with E-state index in [2.05, 4.69) is 34.6 Å². The van der Waals surface area contributed by atoms with Gasteiger partial charge in [-0.25, -0.2) is 4.79 Å². The summed E-state index contributed by atoms with van der Waals surface area (Å²) in [4.78, 5) is 14.2. The zero-order valence-electron chi connectivity index (χ0n) is 13.5. The molecule has 5 heteroatoms. The van der Waals surface area contributed by atoms with E-state index in [0.717, 1.165) is 25.9 Å². The van der Waals surface area contributed by atoms with Crippen LogP contribution in [0.25, 0.3) is 0 Å². The van der Waals surface area contributed by atoms with Gasteiger partial charge in [0.2, 0.25) is 0 Å². The number of rotatable bonds is 2. The van der Waals surface area contributed by atoms with Gasteiger partial charge in [0.15, 0.2) is 0 Å². The molecule has 0 bridgehead atoms. The molecule has 118 valence electrons. The number of piperidine rings is 1. The molecule has 0 saturated carbocycles. The van der Waals surface area contributed by atoms with Crippen LogP contribution < -0.4 is 10.6 Å². The summed E-state index contributed by atoms with van der Waals surface area (Å²) in [6.45, 7) is 9.60. The normalized spacial score (nSPS) is 26.8. The van der Waals surface area contributed by atoms with E-state index in [-0.39, 0.29) is 18.3 Å². The first-order valence-corrected chi connectivity index (χ1v) is 7.68. The highest BCUT2D eigenvalue weighted by atomic mass is 16.6. The van der Waals surface area contributed by atoms with Crippen molar-refractivity contribution < 1.29 is 9.53 Å². The summed E-state index contributed by atoms with van der Waals surface area (Å²) in [6, 6.07) is 0.149. The molecule has 2 heterocycles. The van der Waals surface area contributed by atoms with E-state index in [1.54, 1.807) is 0 Å². The predicted octanol–water partition coefficient (Wildman–Crippen LogP) is 2.36. The molecule has 0 aliphatic carbocycles. The standard InChI is InChI=1S/C16H27N3O2/c1-12-7-8-14(17-10-12)19-9-5-6-13(11-19)18-15(20)21-16(2,3)4/h7-8,10,13-14,17H,5-6,9,11H2,1-4H3,(H,18,20)/t13-,14?/m0/s1. The molecular weight excluding hydrogens is 266 g/mol. The van der Waals surface area contributed by atoms with Gasteiger partial charge in [0.1, 0.15) is 5.60 Å². The van der Waals surface area contributed by atoms with Gasteiger partial charge in [0.05, 0.1) is 6.17 Å². The molecule has 1 saturated heterocycles. The minimum atomic E-state index is -0.450. The number of carbonyl (C=O) groups excluding carboxylic acids is 1. The lowest BCUT2D eigenvalue weighted by Gasteiger charge is -2.38. The van der Waals surface area contributed by atoms with Crippen molar-refractivity contribution in [1.29, 1.82) is 0 Å². The lowest BCUT2D eigenvalue weighted by atomic mass is 10.0. The first-order valence-electron chi connectivity index (χ1n) is 7.68. The Morgan fingerprint density at radius 1 is 1.48 bits per heavy atom. The molecule has 2 aliphatic rings. The SMILES string of the molecule is CC1=CNC(N2CCC[C@H](NC(=O)OC(C)(C)C)C2)C=C1. The number of hydrogen-bond donors (Lipinski definition) is 2. The third kappa shape index (κ3) is 5.08. The van der Waals surface area contributed by atoms with Crippen LogP contribution in [0, 0.1) is 0 Å². The number of alkyl carbamates (subject to hydrolysis) is 1. The van der Waals surface area contributed by atoms with Crippen LogP contribution in [0.2, 0.25) is 0 Å². The Morgan fingerprint density at radius 2 is 2.24 bits per heavy atom. The number of carbonyl (C=O) groups is 1. The van der Waals surface area contributed by atoms with E-state index in [1.165, 1.54) is 5.57 Å². The molecule has 2 atom stereocenters. The molecule has 1 fully saturated rings. The van der Waals surface area contributed by atoms with Gasteiger partial charge in [-0.1, -0.05) is 6.08 Å². The number of likely N-dealkylation sites (tertiary alicyclic amines) is 1. The second-order valence-electron chi connectivity index (χ2n) is 6.84. The van der Waals surface area contributed by atoms with Gasteiger partial charge in [-0.3, -0.25) is 4.90 Å². The number of allylic oxidation sites excluding steroid dienone is 2. The van der Waals surface area contributed by atoms with Crippen LogP contribution >= 0.6 is 0 Å². The Hall–Kier alpha value is -1.49. The third-order valence-corrected chi connectivity index (χ3v) is 3.59. The quantitative estimate of drug-likeness (QED) is 0.820. The van der Waals surface area contributed by atoms with Crippen LogP contribution in [0.15, 0.2) is 23.9 Å². The zero-order chi connectivity index (χ0) is 15.5. The molecule has 0 aromatic rings. The van der Waals surface area contributed by atoms with Crippen molar-refractivity contribution in [2.45, 2.75) is 58.3 Å². The number of nitrogens with one attached hydrogen (secondary N) is 2.